The average molecular weight is 456 g/mol. The van der Waals surface area contributed by atoms with Crippen LogP contribution in [0.4, 0.5) is 10.3 Å². The Morgan fingerprint density at radius 2 is 1.91 bits per heavy atom. The number of nitrogens with zero attached hydrogens (tertiary/aromatic N) is 5. The molecule has 1 aliphatic heterocycles. The van der Waals surface area contributed by atoms with E-state index in [0.717, 1.165) is 50.2 Å². The number of imidazole rings is 1. The predicted octanol–water partition coefficient (Wildman–Crippen LogP) is 4.57. The van der Waals surface area contributed by atoms with Gasteiger partial charge in [-0.3, -0.25) is 0 Å². The number of piperidine rings is 1. The second-order valence-corrected chi connectivity index (χ2v) is 8.42. The number of ether oxygens (including phenoxy) is 1. The van der Waals surface area contributed by atoms with Gasteiger partial charge in [-0.1, -0.05) is 33.1 Å². The van der Waals surface area contributed by atoms with Gasteiger partial charge in [0.2, 0.25) is 5.95 Å². The molecule has 0 radical (unpaired) electrons. The number of hydrogen-bond donors (Lipinski definition) is 2. The van der Waals surface area contributed by atoms with Crippen LogP contribution in [0.15, 0.2) is 18.5 Å². The molecule has 0 aromatic carbocycles. The average Bonchev–Trinajstić information content (AvgIpc) is 3.29. The number of halogens is 1. The van der Waals surface area contributed by atoms with Crippen LogP contribution in [0.1, 0.15) is 70.4 Å². The standard InChI is InChI=1S/C22H28FN7O.C2H6/c1-31-18-10-19-25-13-17(30(19)29-20(18)14-6-3-2-4-7-14)21-16(23)12-26-22(28-21)27-15-8-5-9-24-11-15;1-2/h10,12-15,24H,2-9,11H2,1H3,(H,26,27,28);1-2H3. The summed E-state index contributed by atoms with van der Waals surface area (Å²) >= 11 is 0. The Balaban J connectivity index is 0.00000126. The van der Waals surface area contributed by atoms with Crippen LogP contribution in [0.3, 0.4) is 0 Å². The van der Waals surface area contributed by atoms with Gasteiger partial charge in [-0.2, -0.15) is 5.10 Å². The summed E-state index contributed by atoms with van der Waals surface area (Å²) in [6.07, 6.45) is 10.8. The fourth-order valence-corrected chi connectivity index (χ4v) is 4.67. The van der Waals surface area contributed by atoms with Crippen molar-refractivity contribution < 1.29 is 9.13 Å². The Labute approximate surface area is 194 Å². The lowest BCUT2D eigenvalue weighted by atomic mass is 9.86. The van der Waals surface area contributed by atoms with Crippen LogP contribution >= 0.6 is 0 Å². The molecule has 9 heteroatoms. The van der Waals surface area contributed by atoms with E-state index in [-0.39, 0.29) is 11.7 Å². The number of methoxy groups -OCH3 is 1. The monoisotopic (exact) mass is 455 g/mol. The van der Waals surface area contributed by atoms with Crippen LogP contribution < -0.4 is 15.4 Å². The third kappa shape index (κ3) is 5.08. The van der Waals surface area contributed by atoms with Crippen LogP contribution in [0.5, 0.6) is 5.75 Å². The number of rotatable bonds is 5. The van der Waals surface area contributed by atoms with Crippen LogP contribution in [0.25, 0.3) is 17.0 Å². The third-order valence-corrected chi connectivity index (χ3v) is 6.31. The van der Waals surface area contributed by atoms with E-state index in [2.05, 4.69) is 25.6 Å². The molecule has 1 saturated heterocycles. The van der Waals surface area contributed by atoms with Gasteiger partial charge in [-0.05, 0) is 32.2 Å². The van der Waals surface area contributed by atoms with Gasteiger partial charge in [0, 0.05) is 24.6 Å². The quantitative estimate of drug-likeness (QED) is 0.582. The summed E-state index contributed by atoms with van der Waals surface area (Å²) in [5.41, 5.74) is 2.23. The Bertz CT molecular complexity index is 1060. The zero-order valence-electron chi connectivity index (χ0n) is 19.8. The van der Waals surface area contributed by atoms with Gasteiger partial charge in [0.1, 0.15) is 22.8 Å². The molecule has 2 fully saturated rings. The normalized spacial score (nSPS) is 19.1. The molecule has 1 saturated carbocycles. The number of nitrogens with one attached hydrogen (secondary N) is 2. The van der Waals surface area contributed by atoms with Crippen LogP contribution in [0.2, 0.25) is 0 Å². The summed E-state index contributed by atoms with van der Waals surface area (Å²) in [4.78, 5) is 13.1. The Morgan fingerprint density at radius 1 is 1.09 bits per heavy atom. The lowest BCUT2D eigenvalue weighted by Crippen LogP contribution is -2.38. The summed E-state index contributed by atoms with van der Waals surface area (Å²) in [7, 11) is 1.66. The first kappa shape index (κ1) is 23.4. The van der Waals surface area contributed by atoms with E-state index in [1.54, 1.807) is 17.8 Å². The highest BCUT2D eigenvalue weighted by atomic mass is 19.1. The minimum absolute atomic E-state index is 0.195. The molecule has 3 aromatic rings. The first-order valence-corrected chi connectivity index (χ1v) is 12.2. The molecule has 8 nitrogen and oxygen atoms in total. The maximum Gasteiger partial charge on any atom is 0.223 e. The molecule has 2 N–H and O–H groups in total. The fraction of sp³-hybridized carbons (Fsp3) is 0.583. The number of aromatic nitrogens is 5. The molecule has 3 aromatic heterocycles. The first-order valence-electron chi connectivity index (χ1n) is 12.2. The Hall–Kier alpha value is -2.81. The molecule has 33 heavy (non-hydrogen) atoms. The SMILES string of the molecule is CC.COc1cc2ncc(-c3nc(NC4CCCNC4)ncc3F)n2nc1C1CCCCC1. The summed E-state index contributed by atoms with van der Waals surface area (Å²) in [5, 5.41) is 11.5. The van der Waals surface area contributed by atoms with Gasteiger partial charge in [0.25, 0.3) is 0 Å². The molecule has 0 bridgehead atoms. The van der Waals surface area contributed by atoms with E-state index >= 15 is 0 Å². The third-order valence-electron chi connectivity index (χ3n) is 6.31. The van der Waals surface area contributed by atoms with E-state index in [9.17, 15) is 4.39 Å². The first-order chi connectivity index (χ1) is 16.2. The van der Waals surface area contributed by atoms with Gasteiger partial charge < -0.3 is 15.4 Å². The van der Waals surface area contributed by atoms with Crippen LogP contribution in [0, 0.1) is 5.82 Å². The van der Waals surface area contributed by atoms with E-state index in [1.807, 2.05) is 19.9 Å². The minimum Gasteiger partial charge on any atom is -0.495 e. The van der Waals surface area contributed by atoms with Crippen molar-refractivity contribution in [3.8, 4) is 17.1 Å². The predicted molar refractivity (Wildman–Crippen MR) is 127 cm³/mol. The van der Waals surface area contributed by atoms with E-state index < -0.39 is 5.82 Å². The van der Waals surface area contributed by atoms with Crippen LogP contribution in [-0.4, -0.2) is 50.8 Å². The van der Waals surface area contributed by atoms with Gasteiger partial charge in [-0.25, -0.2) is 23.9 Å². The van der Waals surface area contributed by atoms with E-state index in [1.165, 1.54) is 25.5 Å². The Morgan fingerprint density at radius 3 is 2.64 bits per heavy atom. The molecule has 1 unspecified atom stereocenters. The number of anilines is 1. The maximum atomic E-state index is 14.8. The van der Waals surface area contributed by atoms with Gasteiger partial charge in [0.15, 0.2) is 11.5 Å². The van der Waals surface area contributed by atoms with Crippen molar-refractivity contribution in [3.05, 3.63) is 30.0 Å². The highest BCUT2D eigenvalue weighted by Gasteiger charge is 2.24. The van der Waals surface area contributed by atoms with Gasteiger partial charge >= 0.3 is 0 Å². The highest BCUT2D eigenvalue weighted by Crippen LogP contribution is 2.37. The number of hydrogen-bond acceptors (Lipinski definition) is 7. The molecule has 2 aliphatic rings. The molecule has 1 aliphatic carbocycles. The molecule has 1 atom stereocenters. The fourth-order valence-electron chi connectivity index (χ4n) is 4.67. The lowest BCUT2D eigenvalue weighted by Gasteiger charge is -2.24. The molecule has 0 spiro atoms. The number of fused-ring (bicyclic) bond motifs is 1. The molecule has 5 rings (SSSR count). The van der Waals surface area contributed by atoms with Crippen molar-refractivity contribution in [1.82, 2.24) is 29.9 Å². The van der Waals surface area contributed by atoms with Gasteiger partial charge in [0.05, 0.1) is 19.5 Å². The molecule has 0 amide bonds. The van der Waals surface area contributed by atoms with Crippen LogP contribution in [-0.2, 0) is 0 Å². The topological polar surface area (TPSA) is 89.3 Å². The molecular weight excluding hydrogens is 421 g/mol. The van der Waals surface area contributed by atoms with Crippen molar-refractivity contribution in [2.45, 2.75) is 70.8 Å². The minimum atomic E-state index is -0.494. The Kier molecular flexibility index (Phi) is 7.69. The zero-order valence-corrected chi connectivity index (χ0v) is 19.8. The summed E-state index contributed by atoms with van der Waals surface area (Å²) in [6, 6.07) is 2.11. The van der Waals surface area contributed by atoms with Crippen molar-refractivity contribution >= 4 is 11.6 Å². The maximum absolute atomic E-state index is 14.8. The highest BCUT2D eigenvalue weighted by molar-refractivity contribution is 5.62. The van der Waals surface area contributed by atoms with E-state index in [0.29, 0.717) is 23.2 Å². The largest absolute Gasteiger partial charge is 0.495 e. The summed E-state index contributed by atoms with van der Waals surface area (Å²) in [5.74, 6) is 1.01. The second-order valence-electron chi connectivity index (χ2n) is 8.42. The lowest BCUT2D eigenvalue weighted by molar-refractivity contribution is 0.377. The van der Waals surface area contributed by atoms with Crippen molar-refractivity contribution in [2.24, 2.45) is 0 Å². The summed E-state index contributed by atoms with van der Waals surface area (Å²) in [6.45, 7) is 5.87. The zero-order chi connectivity index (χ0) is 23.2. The van der Waals surface area contributed by atoms with E-state index in [4.69, 9.17) is 9.84 Å². The smallest absolute Gasteiger partial charge is 0.223 e. The molecule has 4 heterocycles. The molecular formula is C24H34FN7O. The van der Waals surface area contributed by atoms with Crippen molar-refractivity contribution in [2.75, 3.05) is 25.5 Å². The second kappa shape index (κ2) is 10.9. The van der Waals surface area contributed by atoms with Crippen molar-refractivity contribution in [3.63, 3.8) is 0 Å². The van der Waals surface area contributed by atoms with Crippen molar-refractivity contribution in [1.29, 1.82) is 0 Å². The summed E-state index contributed by atoms with van der Waals surface area (Å²) < 4.78 is 22.1. The van der Waals surface area contributed by atoms with Gasteiger partial charge in [-0.15, -0.1) is 0 Å². The molecule has 178 valence electrons.